The van der Waals surface area contributed by atoms with E-state index in [-0.39, 0.29) is 0 Å². The molecule has 0 amide bonds. The van der Waals surface area contributed by atoms with Crippen molar-refractivity contribution in [3.63, 3.8) is 0 Å². The van der Waals surface area contributed by atoms with Crippen LogP contribution in [-0.2, 0) is 13.6 Å². The summed E-state index contributed by atoms with van der Waals surface area (Å²) >= 11 is 0. The van der Waals surface area contributed by atoms with Crippen LogP contribution in [0.5, 0.6) is 0 Å². The Kier molecular flexibility index (Phi) is 4.99. The first-order valence-corrected chi connectivity index (χ1v) is 7.49. The maximum Gasteiger partial charge on any atom is 0.0537 e. The van der Waals surface area contributed by atoms with E-state index < -0.39 is 0 Å². The Balaban J connectivity index is 1.98. The van der Waals surface area contributed by atoms with Crippen LogP contribution in [0, 0.1) is 12.8 Å². The van der Waals surface area contributed by atoms with Crippen LogP contribution in [0.25, 0.3) is 0 Å². The normalized spacial score (nSPS) is 19.8. The summed E-state index contributed by atoms with van der Waals surface area (Å²) in [6.07, 6.45) is 4.66. The van der Waals surface area contributed by atoms with Gasteiger partial charge in [0, 0.05) is 44.0 Å². The summed E-state index contributed by atoms with van der Waals surface area (Å²) in [6, 6.07) is 0.677. The van der Waals surface area contributed by atoms with Gasteiger partial charge in [-0.2, -0.15) is 5.10 Å². The maximum absolute atomic E-state index is 4.35. The molecule has 0 aliphatic carbocycles. The smallest absolute Gasteiger partial charge is 0.0537 e. The average Bonchev–Trinajstić information content (AvgIpc) is 2.94. The number of rotatable bonds is 6. The number of hydrogen-bond donors (Lipinski definition) is 1. The molecule has 4 nitrogen and oxygen atoms in total. The number of aromatic nitrogens is 2. The summed E-state index contributed by atoms with van der Waals surface area (Å²) in [6.45, 7) is 11.3. The molecule has 0 saturated carbocycles. The number of hydrogen-bond acceptors (Lipinski definition) is 3. The molecule has 2 heterocycles. The minimum absolute atomic E-state index is 0.677. The third kappa shape index (κ3) is 4.05. The number of nitrogens with zero attached hydrogens (tertiary/aromatic N) is 3. The van der Waals surface area contributed by atoms with Crippen LogP contribution >= 0.6 is 0 Å². The average molecular weight is 264 g/mol. The second-order valence-corrected chi connectivity index (χ2v) is 6.26. The Morgan fingerprint density at radius 2 is 2.32 bits per heavy atom. The lowest BCUT2D eigenvalue weighted by Gasteiger charge is -2.27. The van der Waals surface area contributed by atoms with Gasteiger partial charge in [0.2, 0.25) is 0 Å². The van der Waals surface area contributed by atoms with Crippen molar-refractivity contribution < 1.29 is 0 Å². The highest BCUT2D eigenvalue weighted by Crippen LogP contribution is 2.14. The molecule has 0 radical (unpaired) electrons. The topological polar surface area (TPSA) is 33.1 Å². The Hall–Kier alpha value is -0.870. The van der Waals surface area contributed by atoms with Gasteiger partial charge >= 0.3 is 0 Å². The van der Waals surface area contributed by atoms with E-state index in [1.807, 2.05) is 17.9 Å². The van der Waals surface area contributed by atoms with Gasteiger partial charge in [-0.1, -0.05) is 13.8 Å². The maximum atomic E-state index is 4.35. The van der Waals surface area contributed by atoms with Crippen LogP contribution in [-0.4, -0.2) is 40.4 Å². The predicted molar refractivity (Wildman–Crippen MR) is 79.1 cm³/mol. The summed E-state index contributed by atoms with van der Waals surface area (Å²) in [5, 5.41) is 7.96. The molecule has 0 bridgehead atoms. The molecule has 1 unspecified atom stereocenters. The molecule has 1 aliphatic heterocycles. The summed E-state index contributed by atoms with van der Waals surface area (Å²) in [7, 11) is 2.02. The lowest BCUT2D eigenvalue weighted by Crippen LogP contribution is -2.39. The van der Waals surface area contributed by atoms with Gasteiger partial charge in [-0.3, -0.25) is 9.58 Å². The molecule has 0 spiro atoms. The van der Waals surface area contributed by atoms with Gasteiger partial charge in [0.1, 0.15) is 0 Å². The molecule has 4 heteroatoms. The zero-order valence-electron chi connectivity index (χ0n) is 12.8. The van der Waals surface area contributed by atoms with Crippen molar-refractivity contribution in [3.05, 3.63) is 17.5 Å². The van der Waals surface area contributed by atoms with Crippen LogP contribution in [0.15, 0.2) is 6.20 Å². The van der Waals surface area contributed by atoms with Crippen molar-refractivity contribution in [2.45, 2.75) is 46.2 Å². The predicted octanol–water partition coefficient (Wildman–Crippen LogP) is 1.94. The van der Waals surface area contributed by atoms with E-state index >= 15 is 0 Å². The molecule has 1 N–H and O–H groups in total. The second-order valence-electron chi connectivity index (χ2n) is 6.26. The second kappa shape index (κ2) is 6.53. The van der Waals surface area contributed by atoms with Crippen molar-refractivity contribution in [1.29, 1.82) is 0 Å². The van der Waals surface area contributed by atoms with Crippen molar-refractivity contribution in [2.24, 2.45) is 13.0 Å². The molecule has 0 aromatic carbocycles. The van der Waals surface area contributed by atoms with Gasteiger partial charge in [0.25, 0.3) is 0 Å². The first-order valence-electron chi connectivity index (χ1n) is 7.49. The fourth-order valence-electron chi connectivity index (χ4n) is 2.88. The Morgan fingerprint density at radius 1 is 1.53 bits per heavy atom. The molecule has 1 saturated heterocycles. The van der Waals surface area contributed by atoms with E-state index in [1.165, 1.54) is 30.6 Å². The third-order valence-electron chi connectivity index (χ3n) is 4.00. The van der Waals surface area contributed by atoms with E-state index in [9.17, 15) is 0 Å². The van der Waals surface area contributed by atoms with Crippen LogP contribution in [0.1, 0.15) is 37.9 Å². The zero-order valence-corrected chi connectivity index (χ0v) is 12.8. The lowest BCUT2D eigenvalue weighted by atomic mass is 10.1. The molecule has 1 fully saturated rings. The molecule has 108 valence electrons. The standard InChI is InChI=1S/C15H28N4/c1-12(2)9-19(11-15-6-5-7-16-15)10-14-8-17-18(4)13(14)3/h8,12,15-16H,5-7,9-11H2,1-4H3. The minimum atomic E-state index is 0.677. The third-order valence-corrected chi connectivity index (χ3v) is 4.00. The van der Waals surface area contributed by atoms with E-state index in [0.717, 1.165) is 19.6 Å². The van der Waals surface area contributed by atoms with Gasteiger partial charge in [-0.25, -0.2) is 0 Å². The van der Waals surface area contributed by atoms with Crippen LogP contribution < -0.4 is 5.32 Å². The van der Waals surface area contributed by atoms with Crippen LogP contribution in [0.3, 0.4) is 0 Å². The van der Waals surface area contributed by atoms with Gasteiger partial charge < -0.3 is 5.32 Å². The van der Waals surface area contributed by atoms with Gasteiger partial charge in [0.05, 0.1) is 6.20 Å². The molecule has 1 aromatic rings. The summed E-state index contributed by atoms with van der Waals surface area (Å²) in [5.74, 6) is 0.707. The van der Waals surface area contributed by atoms with Crippen molar-refractivity contribution >= 4 is 0 Å². The molecular formula is C15H28N4. The Labute approximate surface area is 117 Å². The van der Waals surface area contributed by atoms with E-state index in [4.69, 9.17) is 0 Å². The first kappa shape index (κ1) is 14.5. The van der Waals surface area contributed by atoms with Gasteiger partial charge in [-0.05, 0) is 32.2 Å². The molecule has 1 aromatic heterocycles. The highest BCUT2D eigenvalue weighted by molar-refractivity contribution is 5.15. The zero-order chi connectivity index (χ0) is 13.8. The van der Waals surface area contributed by atoms with Crippen molar-refractivity contribution in [2.75, 3.05) is 19.6 Å². The first-order chi connectivity index (χ1) is 9.06. The highest BCUT2D eigenvalue weighted by atomic mass is 15.3. The quantitative estimate of drug-likeness (QED) is 0.852. The van der Waals surface area contributed by atoms with Crippen molar-refractivity contribution in [3.8, 4) is 0 Å². The number of nitrogens with one attached hydrogen (secondary N) is 1. The molecule has 19 heavy (non-hydrogen) atoms. The largest absolute Gasteiger partial charge is 0.313 e. The minimum Gasteiger partial charge on any atom is -0.313 e. The molecular weight excluding hydrogens is 236 g/mol. The van der Waals surface area contributed by atoms with Gasteiger partial charge in [-0.15, -0.1) is 0 Å². The fourth-order valence-corrected chi connectivity index (χ4v) is 2.88. The fraction of sp³-hybridized carbons (Fsp3) is 0.800. The Bertz CT molecular complexity index is 391. The Morgan fingerprint density at radius 3 is 2.84 bits per heavy atom. The molecule has 1 atom stereocenters. The van der Waals surface area contributed by atoms with Crippen molar-refractivity contribution in [1.82, 2.24) is 20.0 Å². The highest BCUT2D eigenvalue weighted by Gasteiger charge is 2.19. The summed E-state index contributed by atoms with van der Waals surface area (Å²) < 4.78 is 1.97. The van der Waals surface area contributed by atoms with Crippen LogP contribution in [0.2, 0.25) is 0 Å². The van der Waals surface area contributed by atoms with E-state index in [0.29, 0.717) is 12.0 Å². The van der Waals surface area contributed by atoms with E-state index in [1.54, 1.807) is 0 Å². The monoisotopic (exact) mass is 264 g/mol. The summed E-state index contributed by atoms with van der Waals surface area (Å²) in [4.78, 5) is 2.58. The van der Waals surface area contributed by atoms with Gasteiger partial charge in [0.15, 0.2) is 0 Å². The van der Waals surface area contributed by atoms with Crippen LogP contribution in [0.4, 0.5) is 0 Å². The van der Waals surface area contributed by atoms with E-state index in [2.05, 4.69) is 36.1 Å². The number of aryl methyl sites for hydroxylation is 1. The SMILES string of the molecule is Cc1c(CN(CC(C)C)CC2CCCN2)cnn1C. The lowest BCUT2D eigenvalue weighted by molar-refractivity contribution is 0.216. The summed E-state index contributed by atoms with van der Waals surface area (Å²) in [5.41, 5.74) is 2.65. The molecule has 2 rings (SSSR count). The molecule has 1 aliphatic rings.